The highest BCUT2D eigenvalue weighted by Gasteiger charge is 2.22. The molecule has 0 N–H and O–H groups in total. The summed E-state index contributed by atoms with van der Waals surface area (Å²) in [4.78, 5) is 12.8. The maximum absolute atomic E-state index is 12.8. The molecule has 0 bridgehead atoms. The van der Waals surface area contributed by atoms with E-state index in [1.165, 1.54) is 29.3 Å². The summed E-state index contributed by atoms with van der Waals surface area (Å²) in [5.41, 5.74) is 6.67. The van der Waals surface area contributed by atoms with Gasteiger partial charge in [-0.3, -0.25) is 4.79 Å². The molecular formula is C22H22N2O2S. The number of carbonyl (C=O) groups is 1. The number of Topliss-reactive ketones (excluding diaryl/α,β-unsaturated/α-hetero) is 1. The SMILES string of the molecule is Cc1cc(C)cc(-c2nnc(SC(C)C(=O)c3ccc4c(c3)CCC4)o2)c1. The van der Waals surface area contributed by atoms with Crippen LogP contribution < -0.4 is 0 Å². The van der Waals surface area contributed by atoms with E-state index >= 15 is 0 Å². The Morgan fingerprint density at radius 3 is 2.56 bits per heavy atom. The van der Waals surface area contributed by atoms with Gasteiger partial charge >= 0.3 is 0 Å². The molecule has 1 unspecified atom stereocenters. The Hall–Kier alpha value is -2.40. The predicted octanol–water partition coefficient (Wildman–Crippen LogP) is 5.21. The maximum atomic E-state index is 12.8. The number of aryl methyl sites for hydroxylation is 4. The lowest BCUT2D eigenvalue weighted by Gasteiger charge is -2.09. The van der Waals surface area contributed by atoms with Crippen molar-refractivity contribution >= 4 is 17.5 Å². The van der Waals surface area contributed by atoms with Gasteiger partial charge in [-0.2, -0.15) is 0 Å². The van der Waals surface area contributed by atoms with Gasteiger partial charge in [0, 0.05) is 11.1 Å². The van der Waals surface area contributed by atoms with Gasteiger partial charge in [0.05, 0.1) is 5.25 Å². The third-order valence-electron chi connectivity index (χ3n) is 4.90. The Balaban J connectivity index is 1.49. The summed E-state index contributed by atoms with van der Waals surface area (Å²) in [6, 6.07) is 12.2. The molecule has 1 aromatic heterocycles. The maximum Gasteiger partial charge on any atom is 0.277 e. The van der Waals surface area contributed by atoms with Crippen LogP contribution in [-0.4, -0.2) is 21.2 Å². The third kappa shape index (κ3) is 3.83. The van der Waals surface area contributed by atoms with Gasteiger partial charge in [-0.05, 0) is 69.4 Å². The van der Waals surface area contributed by atoms with Crippen molar-refractivity contribution in [3.8, 4) is 11.5 Å². The first kappa shape index (κ1) is 18.0. The van der Waals surface area contributed by atoms with E-state index in [1.807, 2.05) is 39.0 Å². The van der Waals surface area contributed by atoms with E-state index in [0.717, 1.165) is 35.1 Å². The number of thioether (sulfide) groups is 1. The topological polar surface area (TPSA) is 56.0 Å². The molecule has 0 amide bonds. The fourth-order valence-electron chi connectivity index (χ4n) is 3.64. The average molecular weight is 378 g/mol. The molecule has 4 rings (SSSR count). The van der Waals surface area contributed by atoms with Crippen LogP contribution in [0.1, 0.15) is 46.0 Å². The molecule has 138 valence electrons. The van der Waals surface area contributed by atoms with Crippen LogP contribution in [0.5, 0.6) is 0 Å². The quantitative estimate of drug-likeness (QED) is 0.451. The predicted molar refractivity (Wildman–Crippen MR) is 107 cm³/mol. The highest BCUT2D eigenvalue weighted by atomic mass is 32.2. The average Bonchev–Trinajstić information content (AvgIpc) is 3.28. The molecule has 0 aliphatic heterocycles. The van der Waals surface area contributed by atoms with E-state index in [-0.39, 0.29) is 11.0 Å². The molecule has 0 radical (unpaired) electrons. The van der Waals surface area contributed by atoms with E-state index in [9.17, 15) is 4.79 Å². The minimum Gasteiger partial charge on any atom is -0.411 e. The number of ketones is 1. The standard InChI is InChI=1S/C22H22N2O2S/c1-13-9-14(2)11-19(10-13)21-23-24-22(26-21)27-15(3)20(25)18-8-7-16-5-4-6-17(16)12-18/h7-12,15H,4-6H2,1-3H3. The van der Waals surface area contributed by atoms with Crippen LogP contribution in [0, 0.1) is 13.8 Å². The second-order valence-electron chi connectivity index (χ2n) is 7.21. The van der Waals surface area contributed by atoms with Crippen molar-refractivity contribution < 1.29 is 9.21 Å². The van der Waals surface area contributed by atoms with E-state index in [0.29, 0.717) is 11.1 Å². The summed E-state index contributed by atoms with van der Waals surface area (Å²) in [6.07, 6.45) is 3.37. The van der Waals surface area contributed by atoms with Crippen molar-refractivity contribution in [3.63, 3.8) is 0 Å². The van der Waals surface area contributed by atoms with Crippen LogP contribution >= 0.6 is 11.8 Å². The van der Waals surface area contributed by atoms with Gasteiger partial charge in [-0.1, -0.05) is 41.1 Å². The van der Waals surface area contributed by atoms with Gasteiger partial charge in [0.2, 0.25) is 5.89 Å². The highest BCUT2D eigenvalue weighted by molar-refractivity contribution is 8.00. The van der Waals surface area contributed by atoms with Gasteiger partial charge in [-0.15, -0.1) is 10.2 Å². The zero-order valence-corrected chi connectivity index (χ0v) is 16.6. The van der Waals surface area contributed by atoms with Crippen LogP contribution in [0.25, 0.3) is 11.5 Å². The number of hydrogen-bond acceptors (Lipinski definition) is 5. The Morgan fingerprint density at radius 1 is 1.04 bits per heavy atom. The van der Waals surface area contributed by atoms with Gasteiger partial charge < -0.3 is 4.42 Å². The molecule has 5 heteroatoms. The number of carbonyl (C=O) groups excluding carboxylic acids is 1. The number of aromatic nitrogens is 2. The lowest BCUT2D eigenvalue weighted by atomic mass is 10.0. The number of rotatable bonds is 5. The fraction of sp³-hybridized carbons (Fsp3) is 0.318. The molecule has 27 heavy (non-hydrogen) atoms. The molecule has 2 aromatic carbocycles. The van der Waals surface area contributed by atoms with E-state index in [4.69, 9.17) is 4.42 Å². The molecule has 4 nitrogen and oxygen atoms in total. The van der Waals surface area contributed by atoms with Gasteiger partial charge in [0.1, 0.15) is 0 Å². The molecular weight excluding hydrogens is 356 g/mol. The van der Waals surface area contributed by atoms with E-state index < -0.39 is 0 Å². The molecule has 0 fully saturated rings. The molecule has 1 aliphatic rings. The first-order chi connectivity index (χ1) is 13.0. The normalized spacial score (nSPS) is 14.2. The number of fused-ring (bicyclic) bond motifs is 1. The van der Waals surface area contributed by atoms with Crippen molar-refractivity contribution in [2.45, 2.75) is 50.5 Å². The van der Waals surface area contributed by atoms with Crippen molar-refractivity contribution in [2.24, 2.45) is 0 Å². The van der Waals surface area contributed by atoms with Crippen molar-refractivity contribution in [1.82, 2.24) is 10.2 Å². The molecule has 1 aliphatic carbocycles. The summed E-state index contributed by atoms with van der Waals surface area (Å²) in [6.45, 7) is 5.97. The Morgan fingerprint density at radius 2 is 1.78 bits per heavy atom. The van der Waals surface area contributed by atoms with Crippen molar-refractivity contribution in [2.75, 3.05) is 0 Å². The van der Waals surface area contributed by atoms with Crippen molar-refractivity contribution in [1.29, 1.82) is 0 Å². The first-order valence-corrected chi connectivity index (χ1v) is 10.1. The summed E-state index contributed by atoms with van der Waals surface area (Å²) >= 11 is 1.31. The molecule has 0 saturated heterocycles. The summed E-state index contributed by atoms with van der Waals surface area (Å²) < 4.78 is 5.80. The number of hydrogen-bond donors (Lipinski definition) is 0. The van der Waals surface area contributed by atoms with Crippen LogP contribution in [0.15, 0.2) is 46.0 Å². The smallest absolute Gasteiger partial charge is 0.277 e. The minimum atomic E-state index is -0.281. The zero-order valence-electron chi connectivity index (χ0n) is 15.8. The van der Waals surface area contributed by atoms with Crippen LogP contribution in [0.4, 0.5) is 0 Å². The fourth-order valence-corrected chi connectivity index (χ4v) is 4.40. The van der Waals surface area contributed by atoms with E-state index in [2.05, 4.69) is 28.4 Å². The second kappa shape index (κ2) is 7.31. The first-order valence-electron chi connectivity index (χ1n) is 9.24. The zero-order chi connectivity index (χ0) is 19.0. The molecule has 1 atom stereocenters. The van der Waals surface area contributed by atoms with Gasteiger partial charge in [0.25, 0.3) is 5.22 Å². The molecule has 1 heterocycles. The monoisotopic (exact) mass is 378 g/mol. The third-order valence-corrected chi connectivity index (χ3v) is 5.84. The highest BCUT2D eigenvalue weighted by Crippen LogP contribution is 2.30. The largest absolute Gasteiger partial charge is 0.411 e. The van der Waals surface area contributed by atoms with Crippen LogP contribution in [0.2, 0.25) is 0 Å². The second-order valence-corrected chi connectivity index (χ2v) is 8.50. The number of benzene rings is 2. The lowest BCUT2D eigenvalue weighted by Crippen LogP contribution is -2.13. The minimum absolute atomic E-state index is 0.0980. The van der Waals surface area contributed by atoms with Gasteiger partial charge in [0.15, 0.2) is 5.78 Å². The summed E-state index contributed by atoms with van der Waals surface area (Å²) in [7, 11) is 0. The number of nitrogens with zero attached hydrogens (tertiary/aromatic N) is 2. The lowest BCUT2D eigenvalue weighted by molar-refractivity contribution is 0.0993. The molecule has 0 saturated carbocycles. The Kier molecular flexibility index (Phi) is 4.87. The summed E-state index contributed by atoms with van der Waals surface area (Å²) in [5, 5.41) is 8.41. The van der Waals surface area contributed by atoms with Crippen LogP contribution in [0.3, 0.4) is 0 Å². The van der Waals surface area contributed by atoms with Gasteiger partial charge in [-0.25, -0.2) is 0 Å². The van der Waals surface area contributed by atoms with Crippen LogP contribution in [-0.2, 0) is 12.8 Å². The van der Waals surface area contributed by atoms with Crippen molar-refractivity contribution in [3.05, 3.63) is 64.2 Å². The Bertz CT molecular complexity index is 989. The van der Waals surface area contributed by atoms with E-state index in [1.54, 1.807) is 0 Å². The Labute approximate surface area is 163 Å². The summed E-state index contributed by atoms with van der Waals surface area (Å²) in [5.74, 6) is 0.585. The molecule has 3 aromatic rings. The molecule has 0 spiro atoms.